The van der Waals surface area contributed by atoms with Crippen molar-refractivity contribution in [3.8, 4) is 0 Å². The first-order valence-electron chi connectivity index (χ1n) is 6.50. The molecule has 3 heteroatoms. The molecule has 0 amide bonds. The molecule has 0 bridgehead atoms. The normalized spacial score (nSPS) is 29.9. The third-order valence-corrected chi connectivity index (χ3v) is 3.82. The van der Waals surface area contributed by atoms with Gasteiger partial charge in [0.05, 0.1) is 5.60 Å². The van der Waals surface area contributed by atoms with Gasteiger partial charge in [-0.05, 0) is 42.9 Å². The molecular weight excluding hydrogens is 212 g/mol. The Bertz CT molecular complexity index is 380. The highest BCUT2D eigenvalue weighted by atomic mass is 16.3. The van der Waals surface area contributed by atoms with Crippen molar-refractivity contribution >= 4 is 5.82 Å². The molecule has 1 heterocycles. The van der Waals surface area contributed by atoms with Crippen molar-refractivity contribution < 1.29 is 5.11 Å². The maximum atomic E-state index is 10.7. The van der Waals surface area contributed by atoms with E-state index in [4.69, 9.17) is 5.73 Å². The van der Waals surface area contributed by atoms with Gasteiger partial charge in [-0.2, -0.15) is 0 Å². The molecule has 2 atom stereocenters. The summed E-state index contributed by atoms with van der Waals surface area (Å²) in [6, 6.07) is 3.81. The Labute approximate surface area is 103 Å². The second-order valence-corrected chi connectivity index (χ2v) is 5.53. The quantitative estimate of drug-likeness (QED) is 0.773. The molecule has 1 aliphatic rings. The van der Waals surface area contributed by atoms with Crippen LogP contribution in [0.1, 0.15) is 44.6 Å². The first-order valence-corrected chi connectivity index (χ1v) is 6.50. The molecule has 1 aliphatic carbocycles. The Hall–Kier alpha value is -1.09. The Morgan fingerprint density at radius 1 is 1.47 bits per heavy atom. The average molecular weight is 234 g/mol. The van der Waals surface area contributed by atoms with Gasteiger partial charge in [0, 0.05) is 12.6 Å². The van der Waals surface area contributed by atoms with Crippen LogP contribution in [0.5, 0.6) is 0 Å². The summed E-state index contributed by atoms with van der Waals surface area (Å²) in [4.78, 5) is 3.98. The first kappa shape index (κ1) is 12.4. The lowest BCUT2D eigenvalue weighted by Crippen LogP contribution is -2.30. The summed E-state index contributed by atoms with van der Waals surface area (Å²) >= 11 is 0. The third kappa shape index (κ3) is 3.43. The van der Waals surface area contributed by atoms with Gasteiger partial charge in [0.1, 0.15) is 5.82 Å². The SMILES string of the molecule is CC1CCCC(O)(Cc2ccnc(N)c2)CC1. The van der Waals surface area contributed by atoms with Crippen molar-refractivity contribution in [3.05, 3.63) is 23.9 Å². The lowest BCUT2D eigenvalue weighted by atomic mass is 9.87. The predicted octanol–water partition coefficient (Wildman–Crippen LogP) is 2.54. The number of aliphatic hydroxyl groups is 1. The Morgan fingerprint density at radius 3 is 3.06 bits per heavy atom. The van der Waals surface area contributed by atoms with Gasteiger partial charge >= 0.3 is 0 Å². The average Bonchev–Trinajstić information content (AvgIpc) is 2.41. The maximum Gasteiger partial charge on any atom is 0.123 e. The van der Waals surface area contributed by atoms with E-state index in [-0.39, 0.29) is 0 Å². The van der Waals surface area contributed by atoms with Gasteiger partial charge in [0.25, 0.3) is 0 Å². The molecule has 1 aromatic rings. The van der Waals surface area contributed by atoms with Gasteiger partial charge in [-0.25, -0.2) is 4.98 Å². The van der Waals surface area contributed by atoms with Gasteiger partial charge in [-0.15, -0.1) is 0 Å². The summed E-state index contributed by atoms with van der Waals surface area (Å²) < 4.78 is 0. The Morgan fingerprint density at radius 2 is 2.29 bits per heavy atom. The van der Waals surface area contributed by atoms with E-state index >= 15 is 0 Å². The molecule has 17 heavy (non-hydrogen) atoms. The van der Waals surface area contributed by atoms with Crippen LogP contribution in [0.3, 0.4) is 0 Å². The fourth-order valence-electron chi connectivity index (χ4n) is 2.73. The fraction of sp³-hybridized carbons (Fsp3) is 0.643. The highest BCUT2D eigenvalue weighted by Crippen LogP contribution is 2.32. The zero-order valence-electron chi connectivity index (χ0n) is 10.5. The molecule has 0 aliphatic heterocycles. The first-order chi connectivity index (χ1) is 8.07. The standard InChI is InChI=1S/C14H22N2O/c1-11-3-2-6-14(17,7-4-11)10-12-5-8-16-13(15)9-12/h5,8-9,11,17H,2-4,6-7,10H2,1H3,(H2,15,16). The number of aromatic nitrogens is 1. The number of hydrogen-bond acceptors (Lipinski definition) is 3. The highest BCUT2D eigenvalue weighted by molar-refractivity contribution is 5.32. The van der Waals surface area contributed by atoms with E-state index in [2.05, 4.69) is 11.9 Å². The van der Waals surface area contributed by atoms with E-state index in [0.29, 0.717) is 12.2 Å². The largest absolute Gasteiger partial charge is 0.390 e. The summed E-state index contributed by atoms with van der Waals surface area (Å²) in [6.45, 7) is 2.27. The van der Waals surface area contributed by atoms with Crippen LogP contribution in [0.2, 0.25) is 0 Å². The minimum Gasteiger partial charge on any atom is -0.390 e. The molecule has 0 aromatic carbocycles. The van der Waals surface area contributed by atoms with Crippen molar-refractivity contribution in [1.82, 2.24) is 4.98 Å². The molecule has 0 spiro atoms. The molecule has 1 fully saturated rings. The second-order valence-electron chi connectivity index (χ2n) is 5.53. The van der Waals surface area contributed by atoms with Gasteiger partial charge < -0.3 is 10.8 Å². The zero-order chi connectivity index (χ0) is 12.3. The van der Waals surface area contributed by atoms with Crippen molar-refractivity contribution in [1.29, 1.82) is 0 Å². The molecule has 2 unspecified atom stereocenters. The summed E-state index contributed by atoms with van der Waals surface area (Å²) in [6.07, 6.45) is 7.70. The summed E-state index contributed by atoms with van der Waals surface area (Å²) in [5.41, 5.74) is 6.22. The number of rotatable bonds is 2. The number of nitrogens with two attached hydrogens (primary N) is 1. The minimum atomic E-state index is -0.543. The number of pyridine rings is 1. The second kappa shape index (κ2) is 5.05. The van der Waals surface area contributed by atoms with Crippen LogP contribution in [0.4, 0.5) is 5.82 Å². The van der Waals surface area contributed by atoms with Crippen LogP contribution >= 0.6 is 0 Å². The molecule has 1 saturated carbocycles. The third-order valence-electron chi connectivity index (χ3n) is 3.82. The van der Waals surface area contributed by atoms with Crippen molar-refractivity contribution in [2.24, 2.45) is 5.92 Å². The van der Waals surface area contributed by atoms with Crippen LogP contribution < -0.4 is 5.73 Å². The molecule has 0 radical (unpaired) electrons. The van der Waals surface area contributed by atoms with Crippen molar-refractivity contribution in [2.45, 2.75) is 51.0 Å². The van der Waals surface area contributed by atoms with Gasteiger partial charge in [-0.1, -0.05) is 19.8 Å². The zero-order valence-corrected chi connectivity index (χ0v) is 10.5. The smallest absolute Gasteiger partial charge is 0.123 e. The Balaban J connectivity index is 2.06. The van der Waals surface area contributed by atoms with Gasteiger partial charge in [0.2, 0.25) is 0 Å². The number of anilines is 1. The molecule has 0 saturated heterocycles. The lowest BCUT2D eigenvalue weighted by molar-refractivity contribution is 0.0244. The van der Waals surface area contributed by atoms with E-state index in [1.807, 2.05) is 12.1 Å². The molecular formula is C14H22N2O. The van der Waals surface area contributed by atoms with Gasteiger partial charge in [-0.3, -0.25) is 0 Å². The van der Waals surface area contributed by atoms with E-state index < -0.39 is 5.60 Å². The summed E-state index contributed by atoms with van der Waals surface area (Å²) in [5.74, 6) is 1.28. The minimum absolute atomic E-state index is 0.535. The molecule has 3 nitrogen and oxygen atoms in total. The summed E-state index contributed by atoms with van der Waals surface area (Å²) in [7, 11) is 0. The molecule has 94 valence electrons. The number of hydrogen-bond donors (Lipinski definition) is 2. The molecule has 2 rings (SSSR count). The predicted molar refractivity (Wildman–Crippen MR) is 69.6 cm³/mol. The summed E-state index contributed by atoms with van der Waals surface area (Å²) in [5, 5.41) is 10.7. The maximum absolute atomic E-state index is 10.7. The molecule has 3 N–H and O–H groups in total. The van der Waals surface area contributed by atoms with Crippen molar-refractivity contribution in [2.75, 3.05) is 5.73 Å². The lowest BCUT2D eigenvalue weighted by Gasteiger charge is -2.26. The van der Waals surface area contributed by atoms with Crippen LogP contribution in [0.25, 0.3) is 0 Å². The number of nitrogens with zero attached hydrogens (tertiary/aromatic N) is 1. The topological polar surface area (TPSA) is 59.1 Å². The van der Waals surface area contributed by atoms with Crippen molar-refractivity contribution in [3.63, 3.8) is 0 Å². The van der Waals surface area contributed by atoms with Crippen LogP contribution in [-0.4, -0.2) is 15.7 Å². The van der Waals surface area contributed by atoms with Crippen LogP contribution in [0, 0.1) is 5.92 Å². The van der Waals surface area contributed by atoms with Gasteiger partial charge in [0.15, 0.2) is 0 Å². The highest BCUT2D eigenvalue weighted by Gasteiger charge is 2.29. The number of nitrogen functional groups attached to an aromatic ring is 1. The monoisotopic (exact) mass is 234 g/mol. The van der Waals surface area contributed by atoms with E-state index in [1.165, 1.54) is 6.42 Å². The van der Waals surface area contributed by atoms with Crippen LogP contribution in [0.15, 0.2) is 18.3 Å². The van der Waals surface area contributed by atoms with E-state index in [0.717, 1.165) is 37.2 Å². The fourth-order valence-corrected chi connectivity index (χ4v) is 2.73. The molecule has 1 aromatic heterocycles. The van der Waals surface area contributed by atoms with E-state index in [9.17, 15) is 5.11 Å². The Kier molecular flexibility index (Phi) is 3.67. The van der Waals surface area contributed by atoms with E-state index in [1.54, 1.807) is 6.20 Å². The van der Waals surface area contributed by atoms with Crippen LogP contribution in [-0.2, 0) is 6.42 Å².